The maximum atomic E-state index is 12.6. The third-order valence-electron chi connectivity index (χ3n) is 3.83. The van der Waals surface area contributed by atoms with Gasteiger partial charge in [-0.15, -0.1) is 10.2 Å². The van der Waals surface area contributed by atoms with E-state index in [2.05, 4.69) is 15.5 Å². The smallest absolute Gasteiger partial charge is 0.269 e. The zero-order chi connectivity index (χ0) is 18.1. The molecule has 2 amide bonds. The van der Waals surface area contributed by atoms with E-state index in [-0.39, 0.29) is 12.5 Å². The van der Waals surface area contributed by atoms with E-state index < -0.39 is 12.0 Å². The summed E-state index contributed by atoms with van der Waals surface area (Å²) in [7, 11) is 0. The Bertz CT molecular complexity index is 953. The van der Waals surface area contributed by atoms with E-state index in [0.717, 1.165) is 0 Å². The summed E-state index contributed by atoms with van der Waals surface area (Å²) in [4.78, 5) is 26.0. The van der Waals surface area contributed by atoms with Crippen LogP contribution in [0.15, 0.2) is 47.1 Å². The molecule has 3 heterocycles. The third kappa shape index (κ3) is 3.04. The first-order valence-corrected chi connectivity index (χ1v) is 8.65. The molecule has 1 atom stereocenters. The lowest BCUT2D eigenvalue weighted by atomic mass is 10.2. The van der Waals surface area contributed by atoms with Gasteiger partial charge in [-0.1, -0.05) is 23.5 Å². The van der Waals surface area contributed by atoms with Crippen molar-refractivity contribution in [2.45, 2.75) is 13.0 Å². The number of nitrogens with one attached hydrogen (secondary N) is 1. The van der Waals surface area contributed by atoms with Crippen molar-refractivity contribution in [3.05, 3.63) is 42.7 Å². The molecule has 9 heteroatoms. The van der Waals surface area contributed by atoms with Gasteiger partial charge in [-0.2, -0.15) is 0 Å². The van der Waals surface area contributed by atoms with E-state index in [9.17, 15) is 9.59 Å². The van der Waals surface area contributed by atoms with E-state index in [1.807, 2.05) is 6.07 Å². The van der Waals surface area contributed by atoms with Crippen LogP contribution in [0.5, 0.6) is 5.75 Å². The van der Waals surface area contributed by atoms with Crippen molar-refractivity contribution < 1.29 is 18.7 Å². The van der Waals surface area contributed by atoms with Gasteiger partial charge in [-0.25, -0.2) is 0 Å². The Labute approximate surface area is 152 Å². The first kappa shape index (κ1) is 16.3. The van der Waals surface area contributed by atoms with Crippen LogP contribution in [0.4, 0.5) is 10.8 Å². The lowest BCUT2D eigenvalue weighted by molar-refractivity contribution is -0.123. The van der Waals surface area contributed by atoms with Crippen molar-refractivity contribution in [2.75, 3.05) is 16.8 Å². The SMILES string of the molecule is CC(=O)N1CC(C(=O)Nc2nnc(-c3ccco3)s2)Oc2ccccc21. The molecule has 0 fully saturated rings. The summed E-state index contributed by atoms with van der Waals surface area (Å²) in [6.07, 6.45) is 0.698. The van der Waals surface area contributed by atoms with Crippen LogP contribution in [0.2, 0.25) is 0 Å². The van der Waals surface area contributed by atoms with Gasteiger partial charge in [0.25, 0.3) is 5.91 Å². The summed E-state index contributed by atoms with van der Waals surface area (Å²) in [5.41, 5.74) is 0.653. The zero-order valence-electron chi connectivity index (χ0n) is 13.7. The lowest BCUT2D eigenvalue weighted by Gasteiger charge is -2.33. The van der Waals surface area contributed by atoms with Crippen LogP contribution in [0.3, 0.4) is 0 Å². The fourth-order valence-electron chi connectivity index (χ4n) is 2.63. The molecule has 0 spiro atoms. The Morgan fingerprint density at radius 3 is 2.85 bits per heavy atom. The Balaban J connectivity index is 1.51. The molecule has 1 N–H and O–H groups in total. The minimum Gasteiger partial charge on any atom is -0.476 e. The Kier molecular flexibility index (Phi) is 4.13. The number of benzene rings is 1. The number of para-hydroxylation sites is 2. The predicted molar refractivity (Wildman–Crippen MR) is 95.1 cm³/mol. The van der Waals surface area contributed by atoms with E-state index in [1.165, 1.54) is 23.2 Å². The maximum absolute atomic E-state index is 12.6. The Morgan fingerprint density at radius 2 is 2.08 bits per heavy atom. The number of hydrogen-bond acceptors (Lipinski definition) is 7. The van der Waals surface area contributed by atoms with Crippen LogP contribution in [0.25, 0.3) is 10.8 Å². The number of fused-ring (bicyclic) bond motifs is 1. The summed E-state index contributed by atoms with van der Waals surface area (Å²) in [6.45, 7) is 1.58. The summed E-state index contributed by atoms with van der Waals surface area (Å²) < 4.78 is 11.0. The van der Waals surface area contributed by atoms with Crippen molar-refractivity contribution in [1.29, 1.82) is 0 Å². The zero-order valence-corrected chi connectivity index (χ0v) is 14.5. The molecule has 132 valence electrons. The first-order valence-electron chi connectivity index (χ1n) is 7.84. The van der Waals surface area contributed by atoms with Gasteiger partial charge in [0.15, 0.2) is 16.9 Å². The van der Waals surface area contributed by atoms with Gasteiger partial charge < -0.3 is 14.1 Å². The van der Waals surface area contributed by atoms with Crippen LogP contribution in [0.1, 0.15) is 6.92 Å². The fraction of sp³-hybridized carbons (Fsp3) is 0.176. The number of hydrogen-bond donors (Lipinski definition) is 1. The average Bonchev–Trinajstić information content (AvgIpc) is 3.32. The molecule has 26 heavy (non-hydrogen) atoms. The van der Waals surface area contributed by atoms with Gasteiger partial charge in [0.1, 0.15) is 5.75 Å². The van der Waals surface area contributed by atoms with Crippen LogP contribution in [-0.4, -0.2) is 34.7 Å². The normalized spacial score (nSPS) is 15.9. The molecule has 1 aliphatic rings. The number of ether oxygens (including phenoxy) is 1. The molecule has 0 saturated carbocycles. The fourth-order valence-corrected chi connectivity index (χ4v) is 3.34. The van der Waals surface area contributed by atoms with Gasteiger partial charge in [-0.05, 0) is 24.3 Å². The highest BCUT2D eigenvalue weighted by molar-refractivity contribution is 7.18. The monoisotopic (exact) mass is 370 g/mol. The number of rotatable bonds is 3. The second kappa shape index (κ2) is 6.60. The maximum Gasteiger partial charge on any atom is 0.269 e. The number of carbonyl (C=O) groups is 2. The van der Waals surface area contributed by atoms with E-state index in [1.54, 1.807) is 36.6 Å². The van der Waals surface area contributed by atoms with E-state index in [4.69, 9.17) is 9.15 Å². The molecule has 0 saturated heterocycles. The second-order valence-electron chi connectivity index (χ2n) is 5.58. The summed E-state index contributed by atoms with van der Waals surface area (Å²) in [6, 6.07) is 10.6. The molecule has 4 rings (SSSR count). The molecule has 2 aromatic heterocycles. The number of furan rings is 1. The minimum atomic E-state index is -0.843. The van der Waals surface area contributed by atoms with E-state index >= 15 is 0 Å². The molecule has 1 aliphatic heterocycles. The van der Waals surface area contributed by atoms with Crippen molar-refractivity contribution in [2.24, 2.45) is 0 Å². The van der Waals surface area contributed by atoms with Crippen molar-refractivity contribution in [3.63, 3.8) is 0 Å². The van der Waals surface area contributed by atoms with Crippen molar-refractivity contribution in [1.82, 2.24) is 10.2 Å². The summed E-state index contributed by atoms with van der Waals surface area (Å²) >= 11 is 1.19. The quantitative estimate of drug-likeness (QED) is 0.761. The number of carbonyl (C=O) groups excluding carboxylic acids is 2. The molecule has 0 bridgehead atoms. The number of anilines is 2. The molecule has 0 aliphatic carbocycles. The number of nitrogens with zero attached hydrogens (tertiary/aromatic N) is 3. The van der Waals surface area contributed by atoms with Crippen molar-refractivity contribution >= 4 is 34.0 Å². The highest BCUT2D eigenvalue weighted by Gasteiger charge is 2.33. The van der Waals surface area contributed by atoms with Crippen LogP contribution < -0.4 is 15.0 Å². The molecular weight excluding hydrogens is 356 g/mol. The average molecular weight is 370 g/mol. The van der Waals surface area contributed by atoms with Gasteiger partial charge in [0.05, 0.1) is 18.5 Å². The molecule has 1 unspecified atom stereocenters. The molecular formula is C17H14N4O4S. The molecule has 3 aromatic rings. The Morgan fingerprint density at radius 1 is 1.23 bits per heavy atom. The van der Waals surface area contributed by atoms with Gasteiger partial charge in [0, 0.05) is 6.92 Å². The molecule has 8 nitrogen and oxygen atoms in total. The minimum absolute atomic E-state index is 0.127. The Hall–Kier alpha value is -3.20. The van der Waals surface area contributed by atoms with E-state index in [0.29, 0.717) is 27.3 Å². The largest absolute Gasteiger partial charge is 0.476 e. The standard InChI is InChI=1S/C17H14N4O4S/c1-10(22)21-9-14(25-12-6-3-2-5-11(12)21)15(23)18-17-20-19-16(26-17)13-7-4-8-24-13/h2-8,14H,9H2,1H3,(H,18,20,23). The summed E-state index contributed by atoms with van der Waals surface area (Å²) in [5.74, 6) is 0.513. The van der Waals surface area contributed by atoms with Crippen LogP contribution in [-0.2, 0) is 9.59 Å². The second-order valence-corrected chi connectivity index (χ2v) is 6.56. The highest BCUT2D eigenvalue weighted by Crippen LogP contribution is 2.33. The van der Waals surface area contributed by atoms with Gasteiger partial charge >= 0.3 is 0 Å². The molecule has 1 aromatic carbocycles. The predicted octanol–water partition coefficient (Wildman–Crippen LogP) is 2.55. The van der Waals surface area contributed by atoms with Gasteiger partial charge in [0.2, 0.25) is 11.0 Å². The topological polar surface area (TPSA) is 97.6 Å². The highest BCUT2D eigenvalue weighted by atomic mass is 32.1. The number of amides is 2. The lowest BCUT2D eigenvalue weighted by Crippen LogP contribution is -2.48. The summed E-state index contributed by atoms with van der Waals surface area (Å²) in [5, 5.41) is 11.5. The molecule has 0 radical (unpaired) electrons. The van der Waals surface area contributed by atoms with Crippen LogP contribution in [0, 0.1) is 0 Å². The third-order valence-corrected chi connectivity index (χ3v) is 4.69. The number of aromatic nitrogens is 2. The van der Waals surface area contributed by atoms with Crippen LogP contribution >= 0.6 is 11.3 Å². The van der Waals surface area contributed by atoms with Crippen molar-refractivity contribution in [3.8, 4) is 16.5 Å². The first-order chi connectivity index (χ1) is 12.6. The van der Waals surface area contributed by atoms with Gasteiger partial charge in [-0.3, -0.25) is 14.9 Å².